The molecule has 0 N–H and O–H groups in total. The van der Waals surface area contributed by atoms with Crippen LogP contribution in [0.3, 0.4) is 0 Å². The zero-order chi connectivity index (χ0) is 8.91. The van der Waals surface area contributed by atoms with Crippen molar-refractivity contribution in [2.75, 3.05) is 19.3 Å². The first-order chi connectivity index (χ1) is 5.02. The van der Waals surface area contributed by atoms with Crippen molar-refractivity contribution in [3.63, 3.8) is 0 Å². The van der Waals surface area contributed by atoms with Crippen molar-refractivity contribution < 1.29 is 8.42 Å². The van der Waals surface area contributed by atoms with E-state index in [9.17, 15) is 8.42 Å². The van der Waals surface area contributed by atoms with Gasteiger partial charge in [0.1, 0.15) is 6.54 Å². The Kier molecular flexibility index (Phi) is 4.08. The van der Waals surface area contributed by atoms with Crippen molar-refractivity contribution in [2.45, 2.75) is 13.3 Å². The summed E-state index contributed by atoms with van der Waals surface area (Å²) in [5, 5.41) is 8.27. The Labute approximate surface area is 67.5 Å². The van der Waals surface area contributed by atoms with Gasteiger partial charge in [-0.2, -0.15) is 9.57 Å². The van der Waals surface area contributed by atoms with Crippen LogP contribution >= 0.6 is 0 Å². The first-order valence-electron chi connectivity index (χ1n) is 3.34. The average molecular weight is 176 g/mol. The summed E-state index contributed by atoms with van der Waals surface area (Å²) in [5.74, 6) is 0. The van der Waals surface area contributed by atoms with Crippen LogP contribution in [0.5, 0.6) is 0 Å². The fourth-order valence-corrected chi connectivity index (χ4v) is 1.50. The molecule has 0 aliphatic heterocycles. The van der Waals surface area contributed by atoms with Crippen LogP contribution < -0.4 is 0 Å². The minimum absolute atomic E-state index is 0.0489. The first kappa shape index (κ1) is 10.4. The number of nitriles is 1. The number of hydrogen-bond donors (Lipinski definition) is 0. The molecule has 0 amide bonds. The van der Waals surface area contributed by atoms with E-state index in [0.29, 0.717) is 6.54 Å². The first-order valence-corrected chi connectivity index (χ1v) is 5.19. The largest absolute Gasteiger partial charge is 0.212 e. The molecule has 0 spiro atoms. The van der Waals surface area contributed by atoms with Crippen LogP contribution in [0, 0.1) is 11.3 Å². The van der Waals surface area contributed by atoms with Gasteiger partial charge in [-0.3, -0.25) is 0 Å². The van der Waals surface area contributed by atoms with Crippen LogP contribution in [0.2, 0.25) is 0 Å². The molecule has 0 aliphatic rings. The summed E-state index contributed by atoms with van der Waals surface area (Å²) >= 11 is 0. The molecule has 0 fully saturated rings. The molecular formula is C6H12N2O2S. The predicted molar refractivity (Wildman–Crippen MR) is 42.3 cm³/mol. The van der Waals surface area contributed by atoms with E-state index in [2.05, 4.69) is 0 Å². The van der Waals surface area contributed by atoms with Gasteiger partial charge in [0.2, 0.25) is 10.0 Å². The molecule has 0 atom stereocenters. The monoisotopic (exact) mass is 176 g/mol. The van der Waals surface area contributed by atoms with Crippen LogP contribution in [0.15, 0.2) is 0 Å². The molecule has 5 heteroatoms. The van der Waals surface area contributed by atoms with Gasteiger partial charge in [0, 0.05) is 6.54 Å². The molecule has 0 aromatic rings. The lowest BCUT2D eigenvalue weighted by Gasteiger charge is -2.14. The van der Waals surface area contributed by atoms with E-state index in [1.54, 1.807) is 6.07 Å². The lowest BCUT2D eigenvalue weighted by atomic mass is 10.5. The summed E-state index contributed by atoms with van der Waals surface area (Å²) in [5.41, 5.74) is 0. The Bertz CT molecular complexity index is 240. The van der Waals surface area contributed by atoms with Crippen molar-refractivity contribution in [1.29, 1.82) is 5.26 Å². The van der Waals surface area contributed by atoms with Crippen molar-refractivity contribution in [1.82, 2.24) is 4.31 Å². The number of hydrogen-bond acceptors (Lipinski definition) is 3. The van der Waals surface area contributed by atoms with Crippen LogP contribution in [-0.4, -0.2) is 32.1 Å². The van der Waals surface area contributed by atoms with Crippen molar-refractivity contribution in [3.05, 3.63) is 0 Å². The lowest BCUT2D eigenvalue weighted by molar-refractivity contribution is 0.449. The summed E-state index contributed by atoms with van der Waals surface area (Å²) in [6.07, 6.45) is 1.84. The van der Waals surface area contributed by atoms with E-state index in [-0.39, 0.29) is 6.54 Å². The minimum atomic E-state index is -3.18. The third kappa shape index (κ3) is 3.96. The van der Waals surface area contributed by atoms with Crippen molar-refractivity contribution in [3.8, 4) is 6.07 Å². The molecule has 0 aliphatic carbocycles. The molecule has 0 saturated heterocycles. The van der Waals surface area contributed by atoms with E-state index >= 15 is 0 Å². The molecule has 0 aromatic carbocycles. The van der Waals surface area contributed by atoms with Crippen LogP contribution in [0.1, 0.15) is 13.3 Å². The van der Waals surface area contributed by atoms with Gasteiger partial charge in [-0.25, -0.2) is 8.42 Å². The molecule has 11 heavy (non-hydrogen) atoms. The molecular weight excluding hydrogens is 164 g/mol. The number of rotatable bonds is 4. The van der Waals surface area contributed by atoms with Gasteiger partial charge >= 0.3 is 0 Å². The van der Waals surface area contributed by atoms with Crippen LogP contribution in [0.25, 0.3) is 0 Å². The minimum Gasteiger partial charge on any atom is -0.212 e. The third-order valence-corrected chi connectivity index (χ3v) is 2.44. The third-order valence-electron chi connectivity index (χ3n) is 1.19. The van der Waals surface area contributed by atoms with E-state index in [1.165, 1.54) is 0 Å². The second kappa shape index (κ2) is 4.31. The van der Waals surface area contributed by atoms with Gasteiger partial charge < -0.3 is 0 Å². The van der Waals surface area contributed by atoms with Gasteiger partial charge in [0.05, 0.1) is 12.3 Å². The molecule has 0 saturated carbocycles. The normalized spacial score (nSPS) is 11.5. The highest BCUT2D eigenvalue weighted by atomic mass is 32.2. The van der Waals surface area contributed by atoms with Gasteiger partial charge in [-0.05, 0) is 6.42 Å². The predicted octanol–water partition coefficient (Wildman–Crippen LogP) is 0.182. The summed E-state index contributed by atoms with van der Waals surface area (Å²) in [4.78, 5) is 0. The average Bonchev–Trinajstić information content (AvgIpc) is 1.85. The lowest BCUT2D eigenvalue weighted by Crippen LogP contribution is -2.30. The fraction of sp³-hybridized carbons (Fsp3) is 0.833. The summed E-state index contributed by atoms with van der Waals surface area (Å²) in [6, 6.07) is 1.81. The Morgan fingerprint density at radius 2 is 2.09 bits per heavy atom. The summed E-state index contributed by atoms with van der Waals surface area (Å²) in [6.45, 7) is 2.24. The van der Waals surface area contributed by atoms with Crippen LogP contribution in [0.4, 0.5) is 0 Å². The number of nitrogens with zero attached hydrogens (tertiary/aromatic N) is 2. The maximum absolute atomic E-state index is 10.9. The van der Waals surface area contributed by atoms with E-state index in [4.69, 9.17) is 5.26 Å². The highest BCUT2D eigenvalue weighted by Gasteiger charge is 2.13. The quantitative estimate of drug-likeness (QED) is 0.574. The smallest absolute Gasteiger partial charge is 0.212 e. The van der Waals surface area contributed by atoms with Gasteiger partial charge in [-0.15, -0.1) is 0 Å². The fourth-order valence-electron chi connectivity index (χ4n) is 0.690. The molecule has 0 rings (SSSR count). The Hall–Kier alpha value is -0.600. The molecule has 0 heterocycles. The van der Waals surface area contributed by atoms with E-state index < -0.39 is 10.0 Å². The van der Waals surface area contributed by atoms with Crippen molar-refractivity contribution in [2.24, 2.45) is 0 Å². The topological polar surface area (TPSA) is 61.2 Å². The number of sulfonamides is 1. The molecule has 0 unspecified atom stereocenters. The maximum atomic E-state index is 10.9. The van der Waals surface area contributed by atoms with Gasteiger partial charge in [-0.1, -0.05) is 6.92 Å². The maximum Gasteiger partial charge on any atom is 0.212 e. The molecule has 4 nitrogen and oxygen atoms in total. The van der Waals surface area contributed by atoms with Crippen molar-refractivity contribution >= 4 is 10.0 Å². The summed E-state index contributed by atoms with van der Waals surface area (Å²) < 4.78 is 22.9. The molecule has 0 bridgehead atoms. The van der Waals surface area contributed by atoms with E-state index in [0.717, 1.165) is 17.0 Å². The van der Waals surface area contributed by atoms with Crippen LogP contribution in [-0.2, 0) is 10.0 Å². The molecule has 0 radical (unpaired) electrons. The zero-order valence-electron chi connectivity index (χ0n) is 6.74. The highest BCUT2D eigenvalue weighted by molar-refractivity contribution is 7.88. The Morgan fingerprint density at radius 1 is 1.55 bits per heavy atom. The second-order valence-corrected chi connectivity index (χ2v) is 4.24. The second-order valence-electron chi connectivity index (χ2n) is 2.25. The summed E-state index contributed by atoms with van der Waals surface area (Å²) in [7, 11) is -3.18. The molecule has 64 valence electrons. The Balaban J connectivity index is 4.25. The highest BCUT2D eigenvalue weighted by Crippen LogP contribution is 1.97. The SMILES string of the molecule is CCCN(CC#N)S(C)(=O)=O. The van der Waals surface area contributed by atoms with Gasteiger partial charge in [0.15, 0.2) is 0 Å². The molecule has 0 aromatic heterocycles. The van der Waals surface area contributed by atoms with Gasteiger partial charge in [0.25, 0.3) is 0 Å². The standard InChI is InChI=1S/C6H12N2O2S/c1-3-5-8(6-4-7)11(2,9)10/h3,5-6H2,1-2H3. The van der Waals surface area contributed by atoms with E-state index in [1.807, 2.05) is 6.92 Å². The Morgan fingerprint density at radius 3 is 2.36 bits per heavy atom. The zero-order valence-corrected chi connectivity index (χ0v) is 7.56.